The molecule has 0 fully saturated rings. The van der Waals surface area contributed by atoms with Gasteiger partial charge >= 0.3 is 5.69 Å². The van der Waals surface area contributed by atoms with Crippen molar-refractivity contribution in [3.63, 3.8) is 0 Å². The third-order valence-corrected chi connectivity index (χ3v) is 2.60. The first-order valence-corrected chi connectivity index (χ1v) is 5.66. The van der Waals surface area contributed by atoms with E-state index in [4.69, 9.17) is 10.5 Å². The first-order chi connectivity index (χ1) is 8.82. The largest absolute Gasteiger partial charge is 0.490 e. The lowest BCUT2D eigenvalue weighted by atomic mass is 10.0. The van der Waals surface area contributed by atoms with E-state index in [1.807, 2.05) is 0 Å². The number of methoxy groups -OCH3 is 1. The molecule has 0 unspecified atom stereocenters. The van der Waals surface area contributed by atoms with Crippen LogP contribution in [0.4, 0.5) is 5.69 Å². The maximum Gasteiger partial charge on any atom is 0.311 e. The fourth-order valence-electron chi connectivity index (χ4n) is 1.49. The molecular formula is C12H17N3O4. The SMILES string of the molecule is COc1c(C(=O)NC(C)(C)CN)cccc1[N+](=O)[O-]. The van der Waals surface area contributed by atoms with Crippen LogP contribution in [-0.4, -0.2) is 30.0 Å². The number of nitro benzene ring substituents is 1. The van der Waals surface area contributed by atoms with E-state index in [9.17, 15) is 14.9 Å². The number of ether oxygens (including phenoxy) is 1. The zero-order valence-corrected chi connectivity index (χ0v) is 11.1. The number of hydrogen-bond donors (Lipinski definition) is 2. The van der Waals surface area contributed by atoms with Crippen molar-refractivity contribution in [1.29, 1.82) is 0 Å². The molecule has 0 saturated carbocycles. The lowest BCUT2D eigenvalue weighted by Crippen LogP contribution is -2.48. The Morgan fingerprint density at radius 2 is 2.16 bits per heavy atom. The average molecular weight is 267 g/mol. The molecule has 0 spiro atoms. The highest BCUT2D eigenvalue weighted by atomic mass is 16.6. The Kier molecular flexibility index (Phi) is 4.44. The summed E-state index contributed by atoms with van der Waals surface area (Å²) in [5.74, 6) is -0.520. The van der Waals surface area contributed by atoms with Crippen molar-refractivity contribution in [2.45, 2.75) is 19.4 Å². The van der Waals surface area contributed by atoms with E-state index in [0.29, 0.717) is 0 Å². The number of hydrogen-bond acceptors (Lipinski definition) is 5. The topological polar surface area (TPSA) is 107 Å². The monoisotopic (exact) mass is 267 g/mol. The van der Waals surface area contributed by atoms with E-state index in [-0.39, 0.29) is 23.5 Å². The maximum absolute atomic E-state index is 12.1. The first-order valence-electron chi connectivity index (χ1n) is 5.66. The molecular weight excluding hydrogens is 250 g/mol. The summed E-state index contributed by atoms with van der Waals surface area (Å²) in [5, 5.41) is 13.6. The molecule has 0 bridgehead atoms. The van der Waals surface area contributed by atoms with Gasteiger partial charge in [-0.25, -0.2) is 0 Å². The Bertz CT molecular complexity index is 500. The molecule has 0 aromatic heterocycles. The molecule has 1 rings (SSSR count). The van der Waals surface area contributed by atoms with E-state index in [0.717, 1.165) is 0 Å². The predicted octanol–water partition coefficient (Wildman–Crippen LogP) is 1.07. The number of amides is 1. The van der Waals surface area contributed by atoms with Crippen LogP contribution in [0.2, 0.25) is 0 Å². The number of nitrogens with zero attached hydrogens (tertiary/aromatic N) is 1. The van der Waals surface area contributed by atoms with Crippen molar-refractivity contribution in [3.8, 4) is 5.75 Å². The van der Waals surface area contributed by atoms with E-state index in [1.54, 1.807) is 13.8 Å². The van der Waals surface area contributed by atoms with Crippen molar-refractivity contribution in [1.82, 2.24) is 5.32 Å². The smallest absolute Gasteiger partial charge is 0.311 e. The van der Waals surface area contributed by atoms with Crippen LogP contribution >= 0.6 is 0 Å². The fourth-order valence-corrected chi connectivity index (χ4v) is 1.49. The maximum atomic E-state index is 12.1. The van der Waals surface area contributed by atoms with Crippen LogP contribution in [0.15, 0.2) is 18.2 Å². The standard InChI is InChI=1S/C12H17N3O4/c1-12(2,7-13)14-11(16)8-5-4-6-9(15(17)18)10(8)19-3/h4-6H,7,13H2,1-3H3,(H,14,16). The molecule has 0 radical (unpaired) electrons. The first kappa shape index (κ1) is 14.9. The molecule has 19 heavy (non-hydrogen) atoms. The molecule has 1 aromatic carbocycles. The molecule has 7 nitrogen and oxygen atoms in total. The van der Waals surface area contributed by atoms with Crippen LogP contribution in [0.3, 0.4) is 0 Å². The van der Waals surface area contributed by atoms with Gasteiger partial charge in [0.1, 0.15) is 0 Å². The molecule has 0 heterocycles. The minimum absolute atomic E-state index is 0.0576. The molecule has 3 N–H and O–H groups in total. The minimum atomic E-state index is -0.604. The summed E-state index contributed by atoms with van der Waals surface area (Å²) in [6, 6.07) is 4.18. The normalized spacial score (nSPS) is 10.9. The van der Waals surface area contributed by atoms with Gasteiger partial charge in [0.15, 0.2) is 0 Å². The number of nitro groups is 1. The highest BCUT2D eigenvalue weighted by molar-refractivity contribution is 5.98. The van der Waals surface area contributed by atoms with Gasteiger partial charge in [0.25, 0.3) is 5.91 Å². The van der Waals surface area contributed by atoms with Gasteiger partial charge in [0, 0.05) is 18.2 Å². The van der Waals surface area contributed by atoms with Crippen molar-refractivity contribution in [2.75, 3.05) is 13.7 Å². The average Bonchev–Trinajstić information content (AvgIpc) is 2.37. The number of rotatable bonds is 5. The summed E-state index contributed by atoms with van der Waals surface area (Å²) >= 11 is 0. The van der Waals surface area contributed by atoms with Crippen LogP contribution in [0.25, 0.3) is 0 Å². The molecule has 7 heteroatoms. The van der Waals surface area contributed by atoms with Crippen molar-refractivity contribution in [2.24, 2.45) is 5.73 Å². The van der Waals surface area contributed by atoms with Gasteiger partial charge in [-0.05, 0) is 19.9 Å². The Morgan fingerprint density at radius 3 is 2.63 bits per heavy atom. The number of benzene rings is 1. The van der Waals surface area contributed by atoms with Crippen molar-refractivity contribution in [3.05, 3.63) is 33.9 Å². The van der Waals surface area contributed by atoms with Crippen LogP contribution in [0, 0.1) is 10.1 Å². The Morgan fingerprint density at radius 1 is 1.53 bits per heavy atom. The second kappa shape index (κ2) is 5.66. The number of carbonyl (C=O) groups excluding carboxylic acids is 1. The van der Waals surface area contributed by atoms with Gasteiger partial charge < -0.3 is 15.8 Å². The number of carbonyl (C=O) groups is 1. The van der Waals surface area contributed by atoms with Crippen LogP contribution < -0.4 is 15.8 Å². The van der Waals surface area contributed by atoms with Gasteiger partial charge in [0.05, 0.1) is 17.6 Å². The summed E-state index contributed by atoms with van der Waals surface area (Å²) < 4.78 is 4.97. The molecule has 104 valence electrons. The van der Waals surface area contributed by atoms with Gasteiger partial charge in [-0.2, -0.15) is 0 Å². The molecule has 0 aliphatic rings. The third-order valence-electron chi connectivity index (χ3n) is 2.60. The number of nitrogens with one attached hydrogen (secondary N) is 1. The molecule has 1 amide bonds. The zero-order chi connectivity index (χ0) is 14.6. The van der Waals surface area contributed by atoms with Crippen molar-refractivity contribution < 1.29 is 14.5 Å². The Balaban J connectivity index is 3.17. The third kappa shape index (κ3) is 3.41. The van der Waals surface area contributed by atoms with Crippen LogP contribution in [0.1, 0.15) is 24.2 Å². The predicted molar refractivity (Wildman–Crippen MR) is 70.2 cm³/mol. The molecule has 0 atom stereocenters. The van der Waals surface area contributed by atoms with E-state index >= 15 is 0 Å². The molecule has 0 aliphatic carbocycles. The highest BCUT2D eigenvalue weighted by Crippen LogP contribution is 2.30. The van der Waals surface area contributed by atoms with E-state index < -0.39 is 16.4 Å². The van der Waals surface area contributed by atoms with Crippen LogP contribution in [-0.2, 0) is 0 Å². The minimum Gasteiger partial charge on any atom is -0.490 e. The fraction of sp³-hybridized carbons (Fsp3) is 0.417. The quantitative estimate of drug-likeness (QED) is 0.613. The summed E-state index contributed by atoms with van der Waals surface area (Å²) in [7, 11) is 1.28. The summed E-state index contributed by atoms with van der Waals surface area (Å²) in [6.45, 7) is 3.76. The molecule has 0 aliphatic heterocycles. The summed E-state index contributed by atoms with van der Waals surface area (Å²) in [6.07, 6.45) is 0. The van der Waals surface area contributed by atoms with E-state index in [1.165, 1.54) is 25.3 Å². The lowest BCUT2D eigenvalue weighted by Gasteiger charge is -2.24. The van der Waals surface area contributed by atoms with Crippen molar-refractivity contribution >= 4 is 11.6 Å². The molecule has 1 aromatic rings. The summed E-state index contributed by atoms with van der Waals surface area (Å²) in [5.41, 5.74) is 4.78. The second-order valence-corrected chi connectivity index (χ2v) is 4.66. The Labute approximate surface area is 110 Å². The Hall–Kier alpha value is -2.15. The summed E-state index contributed by atoms with van der Waals surface area (Å²) in [4.78, 5) is 22.4. The number of nitrogens with two attached hydrogens (primary N) is 1. The highest BCUT2D eigenvalue weighted by Gasteiger charge is 2.26. The van der Waals surface area contributed by atoms with Gasteiger partial charge in [0.2, 0.25) is 5.75 Å². The zero-order valence-electron chi connectivity index (χ0n) is 11.1. The lowest BCUT2D eigenvalue weighted by molar-refractivity contribution is -0.385. The van der Waals surface area contributed by atoms with Gasteiger partial charge in [-0.3, -0.25) is 14.9 Å². The van der Waals surface area contributed by atoms with Gasteiger partial charge in [-0.15, -0.1) is 0 Å². The molecule has 0 saturated heterocycles. The van der Waals surface area contributed by atoms with Gasteiger partial charge in [-0.1, -0.05) is 6.07 Å². The number of para-hydroxylation sites is 1. The second-order valence-electron chi connectivity index (χ2n) is 4.66. The van der Waals surface area contributed by atoms with Crippen LogP contribution in [0.5, 0.6) is 5.75 Å². The van der Waals surface area contributed by atoms with E-state index in [2.05, 4.69) is 5.32 Å².